The summed E-state index contributed by atoms with van der Waals surface area (Å²) in [5.74, 6) is 0. The molecule has 12 heavy (non-hydrogen) atoms. The molecule has 0 aromatic rings. The number of hydrogen-bond acceptors (Lipinski definition) is 2. The summed E-state index contributed by atoms with van der Waals surface area (Å²) in [5.41, 5.74) is 0. The number of piperazine rings is 1. The maximum absolute atomic E-state index is 3.44. The first-order valence-corrected chi connectivity index (χ1v) is 5.21. The van der Waals surface area contributed by atoms with Crippen molar-refractivity contribution in [3.8, 4) is 0 Å². The third-order valence-electron chi connectivity index (χ3n) is 2.83. The molecule has 2 bridgehead atoms. The molecule has 2 atom stereocenters. The molecule has 2 nitrogen and oxygen atoms in total. The van der Waals surface area contributed by atoms with Gasteiger partial charge in [-0.3, -0.25) is 0 Å². The monoisotopic (exact) mass is 170 g/mol. The van der Waals surface area contributed by atoms with E-state index in [9.17, 15) is 0 Å². The highest BCUT2D eigenvalue weighted by molar-refractivity contribution is 4.95. The lowest BCUT2D eigenvalue weighted by Crippen LogP contribution is -2.41. The zero-order valence-electron chi connectivity index (χ0n) is 8.64. The van der Waals surface area contributed by atoms with Crippen LogP contribution in [-0.2, 0) is 0 Å². The SMILES string of the molecule is CCCC.CN1CC2CC1CN2. The van der Waals surface area contributed by atoms with Gasteiger partial charge in [0.15, 0.2) is 0 Å². The van der Waals surface area contributed by atoms with E-state index in [1.807, 2.05) is 0 Å². The molecule has 2 heteroatoms. The molecule has 1 N–H and O–H groups in total. The van der Waals surface area contributed by atoms with E-state index in [4.69, 9.17) is 0 Å². The van der Waals surface area contributed by atoms with Crippen molar-refractivity contribution in [1.82, 2.24) is 10.2 Å². The van der Waals surface area contributed by atoms with Gasteiger partial charge in [-0.2, -0.15) is 0 Å². The molecule has 2 aliphatic heterocycles. The summed E-state index contributed by atoms with van der Waals surface area (Å²) in [6.45, 7) is 6.85. The molecule has 2 rings (SSSR count). The molecular weight excluding hydrogens is 148 g/mol. The molecule has 2 aliphatic rings. The van der Waals surface area contributed by atoms with Gasteiger partial charge in [-0.25, -0.2) is 0 Å². The summed E-state index contributed by atoms with van der Waals surface area (Å²) >= 11 is 0. The highest BCUT2D eigenvalue weighted by atomic mass is 15.3. The van der Waals surface area contributed by atoms with E-state index in [1.54, 1.807) is 0 Å². The minimum atomic E-state index is 0.824. The lowest BCUT2D eigenvalue weighted by molar-refractivity contribution is 0.276. The maximum Gasteiger partial charge on any atom is 0.0233 e. The second kappa shape index (κ2) is 4.83. The van der Waals surface area contributed by atoms with Gasteiger partial charge in [-0.05, 0) is 13.5 Å². The Hall–Kier alpha value is -0.0800. The molecule has 0 radical (unpaired) electrons. The van der Waals surface area contributed by atoms with Crippen LogP contribution in [0, 0.1) is 0 Å². The number of rotatable bonds is 1. The first-order valence-electron chi connectivity index (χ1n) is 5.21. The second-order valence-electron chi connectivity index (χ2n) is 3.93. The number of nitrogens with zero attached hydrogens (tertiary/aromatic N) is 1. The number of likely N-dealkylation sites (N-methyl/N-ethyl adjacent to an activating group) is 1. The molecule has 2 fully saturated rings. The summed E-state index contributed by atoms with van der Waals surface area (Å²) in [5, 5.41) is 3.44. The van der Waals surface area contributed by atoms with Gasteiger partial charge in [0.1, 0.15) is 0 Å². The summed E-state index contributed by atoms with van der Waals surface area (Å²) in [6.07, 6.45) is 4.02. The first-order chi connectivity index (χ1) is 5.77. The molecule has 0 aromatic carbocycles. The number of likely N-dealkylation sites (tertiary alicyclic amines) is 1. The molecule has 0 amide bonds. The Bertz CT molecular complexity index is 121. The highest BCUT2D eigenvalue weighted by Gasteiger charge is 2.34. The van der Waals surface area contributed by atoms with E-state index in [1.165, 1.54) is 32.4 Å². The second-order valence-corrected chi connectivity index (χ2v) is 3.93. The Kier molecular flexibility index (Phi) is 4.02. The maximum atomic E-state index is 3.44. The first kappa shape index (κ1) is 10.0. The normalized spacial score (nSPS) is 33.2. The number of nitrogens with one attached hydrogen (secondary N) is 1. The predicted molar refractivity (Wildman–Crippen MR) is 53.4 cm³/mol. The van der Waals surface area contributed by atoms with Crippen LogP contribution in [0.2, 0.25) is 0 Å². The van der Waals surface area contributed by atoms with Crippen LogP contribution in [0.1, 0.15) is 33.1 Å². The van der Waals surface area contributed by atoms with Crippen molar-refractivity contribution in [1.29, 1.82) is 0 Å². The van der Waals surface area contributed by atoms with E-state index in [0.29, 0.717) is 0 Å². The van der Waals surface area contributed by atoms with Crippen LogP contribution in [0.15, 0.2) is 0 Å². The third-order valence-corrected chi connectivity index (χ3v) is 2.83. The van der Waals surface area contributed by atoms with Crippen LogP contribution in [0.4, 0.5) is 0 Å². The van der Waals surface area contributed by atoms with Gasteiger partial charge in [0.2, 0.25) is 0 Å². The van der Waals surface area contributed by atoms with E-state index >= 15 is 0 Å². The van der Waals surface area contributed by atoms with E-state index in [-0.39, 0.29) is 0 Å². The fourth-order valence-corrected chi connectivity index (χ4v) is 1.77. The zero-order valence-corrected chi connectivity index (χ0v) is 8.64. The highest BCUT2D eigenvalue weighted by Crippen LogP contribution is 2.20. The van der Waals surface area contributed by atoms with Crippen molar-refractivity contribution in [2.75, 3.05) is 20.1 Å². The van der Waals surface area contributed by atoms with E-state index < -0.39 is 0 Å². The number of hydrogen-bond donors (Lipinski definition) is 1. The van der Waals surface area contributed by atoms with Gasteiger partial charge in [-0.1, -0.05) is 26.7 Å². The van der Waals surface area contributed by atoms with Crippen LogP contribution in [-0.4, -0.2) is 37.1 Å². The average molecular weight is 170 g/mol. The molecule has 0 aliphatic carbocycles. The Morgan fingerprint density at radius 2 is 2.00 bits per heavy atom. The van der Waals surface area contributed by atoms with Crippen molar-refractivity contribution < 1.29 is 0 Å². The molecule has 2 unspecified atom stereocenters. The van der Waals surface area contributed by atoms with Crippen molar-refractivity contribution >= 4 is 0 Å². The summed E-state index contributed by atoms with van der Waals surface area (Å²) in [7, 11) is 2.21. The molecule has 0 aromatic heterocycles. The number of fused-ring (bicyclic) bond motifs is 2. The van der Waals surface area contributed by atoms with Crippen LogP contribution >= 0.6 is 0 Å². The average Bonchev–Trinajstić information content (AvgIpc) is 2.65. The van der Waals surface area contributed by atoms with Crippen LogP contribution in [0.3, 0.4) is 0 Å². The van der Waals surface area contributed by atoms with Crippen molar-refractivity contribution in [3.05, 3.63) is 0 Å². The van der Waals surface area contributed by atoms with E-state index in [0.717, 1.165) is 12.1 Å². The molecule has 2 saturated heterocycles. The van der Waals surface area contributed by atoms with Gasteiger partial charge in [0.05, 0.1) is 0 Å². The lowest BCUT2D eigenvalue weighted by atomic mass is 10.2. The van der Waals surface area contributed by atoms with Gasteiger partial charge in [0, 0.05) is 25.2 Å². The standard InChI is InChI=1S/C6H12N2.C4H10/c1-8-4-5-2-6(8)3-7-5;1-3-4-2/h5-7H,2-4H2,1H3;3-4H2,1-2H3. The largest absolute Gasteiger partial charge is 0.311 e. The smallest absolute Gasteiger partial charge is 0.0233 e. The minimum Gasteiger partial charge on any atom is -0.311 e. The van der Waals surface area contributed by atoms with Crippen molar-refractivity contribution in [2.45, 2.75) is 45.2 Å². The zero-order chi connectivity index (χ0) is 8.97. The van der Waals surface area contributed by atoms with Crippen LogP contribution in [0.25, 0.3) is 0 Å². The topological polar surface area (TPSA) is 15.3 Å². The minimum absolute atomic E-state index is 0.824. The van der Waals surface area contributed by atoms with Crippen LogP contribution in [0.5, 0.6) is 0 Å². The predicted octanol–water partition coefficient (Wildman–Crippen LogP) is 1.47. The quantitative estimate of drug-likeness (QED) is 0.641. The molecule has 0 spiro atoms. The Labute approximate surface area is 76.3 Å². The van der Waals surface area contributed by atoms with Crippen LogP contribution < -0.4 is 5.32 Å². The Balaban J connectivity index is 0.000000157. The van der Waals surface area contributed by atoms with Crippen molar-refractivity contribution in [2.24, 2.45) is 0 Å². The summed E-state index contributed by atoms with van der Waals surface area (Å²) < 4.78 is 0. The Morgan fingerprint density at radius 1 is 1.33 bits per heavy atom. The molecule has 0 saturated carbocycles. The molecule has 72 valence electrons. The molecule has 2 heterocycles. The summed E-state index contributed by atoms with van der Waals surface area (Å²) in [6, 6.07) is 1.69. The lowest BCUT2D eigenvalue weighted by Gasteiger charge is -2.21. The Morgan fingerprint density at radius 3 is 2.17 bits per heavy atom. The van der Waals surface area contributed by atoms with Gasteiger partial charge in [0.25, 0.3) is 0 Å². The fourth-order valence-electron chi connectivity index (χ4n) is 1.77. The summed E-state index contributed by atoms with van der Waals surface area (Å²) in [4.78, 5) is 2.45. The molecular formula is C10H22N2. The van der Waals surface area contributed by atoms with Gasteiger partial charge >= 0.3 is 0 Å². The van der Waals surface area contributed by atoms with Gasteiger partial charge in [-0.15, -0.1) is 0 Å². The fraction of sp³-hybridized carbons (Fsp3) is 1.00. The number of unbranched alkanes of at least 4 members (excludes halogenated alkanes) is 1. The van der Waals surface area contributed by atoms with E-state index in [2.05, 4.69) is 31.1 Å². The van der Waals surface area contributed by atoms with Crippen molar-refractivity contribution in [3.63, 3.8) is 0 Å². The van der Waals surface area contributed by atoms with Gasteiger partial charge < -0.3 is 10.2 Å². The third kappa shape index (κ3) is 2.46.